The number of benzene rings is 1. The van der Waals surface area contributed by atoms with Crippen molar-refractivity contribution in [1.29, 1.82) is 0 Å². The van der Waals surface area contributed by atoms with Crippen LogP contribution in [-0.4, -0.2) is 13.4 Å². The normalized spacial score (nSPS) is 11.3. The van der Waals surface area contributed by atoms with Crippen molar-refractivity contribution in [2.45, 2.75) is 4.90 Å². The standard InChI is InChI=1S/C11H8F3N3O2S/c12-6-4-7(13)10(8(14)5-6)20(18,19)17-11-9(15)2-1-3-16-11/h1-5H,15H2,(H,16,17). The Morgan fingerprint density at radius 3 is 2.30 bits per heavy atom. The van der Waals surface area contributed by atoms with Gasteiger partial charge < -0.3 is 5.73 Å². The summed E-state index contributed by atoms with van der Waals surface area (Å²) in [5.41, 5.74) is 5.44. The van der Waals surface area contributed by atoms with Crippen LogP contribution in [0.3, 0.4) is 0 Å². The monoisotopic (exact) mass is 303 g/mol. The minimum atomic E-state index is -4.62. The minimum Gasteiger partial charge on any atom is -0.396 e. The van der Waals surface area contributed by atoms with Crippen molar-refractivity contribution in [3.63, 3.8) is 0 Å². The first-order valence-corrected chi connectivity index (χ1v) is 6.67. The van der Waals surface area contributed by atoms with E-state index in [2.05, 4.69) is 4.98 Å². The van der Waals surface area contributed by atoms with Crippen LogP contribution in [0.2, 0.25) is 0 Å². The van der Waals surface area contributed by atoms with Gasteiger partial charge >= 0.3 is 0 Å². The van der Waals surface area contributed by atoms with Gasteiger partial charge in [-0.1, -0.05) is 0 Å². The lowest BCUT2D eigenvalue weighted by atomic mass is 10.3. The lowest BCUT2D eigenvalue weighted by Gasteiger charge is -2.10. The fraction of sp³-hybridized carbons (Fsp3) is 0. The molecule has 0 atom stereocenters. The van der Waals surface area contributed by atoms with Crippen molar-refractivity contribution < 1.29 is 21.6 Å². The zero-order chi connectivity index (χ0) is 14.9. The van der Waals surface area contributed by atoms with Gasteiger partial charge in [0, 0.05) is 18.3 Å². The van der Waals surface area contributed by atoms with Gasteiger partial charge in [-0.2, -0.15) is 0 Å². The molecule has 5 nitrogen and oxygen atoms in total. The van der Waals surface area contributed by atoms with E-state index in [0.29, 0.717) is 0 Å². The summed E-state index contributed by atoms with van der Waals surface area (Å²) in [4.78, 5) is 2.33. The molecule has 0 bridgehead atoms. The summed E-state index contributed by atoms with van der Waals surface area (Å²) in [6.07, 6.45) is 1.24. The summed E-state index contributed by atoms with van der Waals surface area (Å²) < 4.78 is 65.3. The van der Waals surface area contributed by atoms with E-state index in [9.17, 15) is 21.6 Å². The predicted molar refractivity (Wildman–Crippen MR) is 65.8 cm³/mol. The Balaban J connectivity index is 2.50. The Bertz CT molecular complexity index is 742. The molecule has 3 N–H and O–H groups in total. The Morgan fingerprint density at radius 2 is 1.75 bits per heavy atom. The summed E-state index contributed by atoms with van der Waals surface area (Å²) >= 11 is 0. The molecule has 1 aromatic carbocycles. The van der Waals surface area contributed by atoms with Gasteiger partial charge in [0.05, 0.1) is 5.69 Å². The summed E-state index contributed by atoms with van der Waals surface area (Å²) in [7, 11) is -4.62. The Kier molecular flexibility index (Phi) is 3.53. The average Bonchev–Trinajstić information content (AvgIpc) is 2.30. The highest BCUT2D eigenvalue weighted by Crippen LogP contribution is 2.24. The van der Waals surface area contributed by atoms with Crippen molar-refractivity contribution in [2.75, 3.05) is 10.5 Å². The predicted octanol–water partition coefficient (Wildman–Crippen LogP) is 1.88. The third kappa shape index (κ3) is 2.67. The van der Waals surface area contributed by atoms with Gasteiger partial charge in [-0.15, -0.1) is 0 Å². The molecule has 2 rings (SSSR count). The summed E-state index contributed by atoms with van der Waals surface area (Å²) in [6, 6.07) is 3.33. The average molecular weight is 303 g/mol. The van der Waals surface area contributed by atoms with Crippen LogP contribution < -0.4 is 10.5 Å². The van der Waals surface area contributed by atoms with E-state index in [1.165, 1.54) is 18.3 Å². The van der Waals surface area contributed by atoms with Gasteiger partial charge in [0.15, 0.2) is 10.7 Å². The van der Waals surface area contributed by atoms with Crippen molar-refractivity contribution in [2.24, 2.45) is 0 Å². The number of hydrogen-bond acceptors (Lipinski definition) is 4. The number of pyridine rings is 1. The number of halogens is 3. The van der Waals surface area contributed by atoms with Crippen molar-refractivity contribution in [1.82, 2.24) is 4.98 Å². The molecule has 0 saturated heterocycles. The van der Waals surface area contributed by atoms with E-state index in [0.717, 1.165) is 0 Å². The smallest absolute Gasteiger partial charge is 0.268 e. The van der Waals surface area contributed by atoms with E-state index >= 15 is 0 Å². The van der Waals surface area contributed by atoms with Crippen LogP contribution in [0.1, 0.15) is 0 Å². The summed E-state index contributed by atoms with van der Waals surface area (Å²) in [6.45, 7) is 0. The van der Waals surface area contributed by atoms with Crippen LogP contribution in [0.4, 0.5) is 24.7 Å². The van der Waals surface area contributed by atoms with E-state index in [-0.39, 0.29) is 23.6 Å². The second-order valence-corrected chi connectivity index (χ2v) is 5.36. The Hall–Kier alpha value is -2.29. The van der Waals surface area contributed by atoms with Crippen molar-refractivity contribution in [3.8, 4) is 0 Å². The molecule has 0 saturated carbocycles. The summed E-state index contributed by atoms with van der Waals surface area (Å²) in [5, 5.41) is 0. The number of hydrogen-bond donors (Lipinski definition) is 2. The van der Waals surface area contributed by atoms with Gasteiger partial charge in [-0.3, -0.25) is 4.72 Å². The highest BCUT2D eigenvalue weighted by molar-refractivity contribution is 7.92. The van der Waals surface area contributed by atoms with Crippen molar-refractivity contribution >= 4 is 21.5 Å². The van der Waals surface area contributed by atoms with E-state index in [4.69, 9.17) is 5.73 Å². The number of nitrogens with one attached hydrogen (secondary N) is 1. The number of nitrogens with zero attached hydrogens (tertiary/aromatic N) is 1. The quantitative estimate of drug-likeness (QED) is 0.906. The second kappa shape index (κ2) is 5.00. The minimum absolute atomic E-state index is 0.0287. The molecule has 0 aliphatic heterocycles. The maximum atomic E-state index is 13.5. The Morgan fingerprint density at radius 1 is 1.15 bits per heavy atom. The number of anilines is 2. The highest BCUT2D eigenvalue weighted by atomic mass is 32.2. The van der Waals surface area contributed by atoms with Crippen LogP contribution >= 0.6 is 0 Å². The SMILES string of the molecule is Nc1cccnc1NS(=O)(=O)c1c(F)cc(F)cc1F. The lowest BCUT2D eigenvalue weighted by molar-refractivity contribution is 0.498. The zero-order valence-corrected chi connectivity index (χ0v) is 10.6. The maximum absolute atomic E-state index is 13.5. The van der Waals surface area contributed by atoms with Crippen LogP contribution in [0, 0.1) is 17.5 Å². The molecular formula is C11H8F3N3O2S. The Labute approximate surface area is 112 Å². The molecule has 0 amide bonds. The molecule has 0 aliphatic rings. The highest BCUT2D eigenvalue weighted by Gasteiger charge is 2.26. The number of aromatic nitrogens is 1. The van der Waals surface area contributed by atoms with E-state index in [1.807, 2.05) is 4.72 Å². The van der Waals surface area contributed by atoms with Gasteiger partial charge in [-0.25, -0.2) is 26.6 Å². The maximum Gasteiger partial charge on any atom is 0.268 e. The molecule has 20 heavy (non-hydrogen) atoms. The van der Waals surface area contributed by atoms with Gasteiger partial charge in [0.25, 0.3) is 10.0 Å². The van der Waals surface area contributed by atoms with Gasteiger partial charge in [-0.05, 0) is 12.1 Å². The molecule has 9 heteroatoms. The molecule has 106 valence electrons. The second-order valence-electron chi connectivity index (χ2n) is 3.75. The van der Waals surface area contributed by atoms with E-state index < -0.39 is 32.4 Å². The van der Waals surface area contributed by atoms with Crippen LogP contribution in [-0.2, 0) is 10.0 Å². The zero-order valence-electron chi connectivity index (χ0n) is 9.77. The molecule has 1 heterocycles. The first-order valence-electron chi connectivity index (χ1n) is 5.19. The number of rotatable bonds is 3. The fourth-order valence-electron chi connectivity index (χ4n) is 1.47. The first kappa shape index (κ1) is 14.1. The van der Waals surface area contributed by atoms with Crippen LogP contribution in [0.25, 0.3) is 0 Å². The largest absolute Gasteiger partial charge is 0.396 e. The molecule has 0 aliphatic carbocycles. The molecule has 1 aromatic heterocycles. The number of sulfonamides is 1. The molecule has 0 unspecified atom stereocenters. The third-order valence-electron chi connectivity index (χ3n) is 2.30. The van der Waals surface area contributed by atoms with Gasteiger partial charge in [0.1, 0.15) is 17.5 Å². The van der Waals surface area contributed by atoms with E-state index in [1.54, 1.807) is 0 Å². The van der Waals surface area contributed by atoms with Gasteiger partial charge in [0.2, 0.25) is 0 Å². The third-order valence-corrected chi connectivity index (χ3v) is 3.69. The van der Waals surface area contributed by atoms with Crippen LogP contribution in [0.5, 0.6) is 0 Å². The molecule has 2 aromatic rings. The molecular weight excluding hydrogens is 295 g/mol. The molecule has 0 radical (unpaired) electrons. The number of nitrogen functional groups attached to an aromatic ring is 1. The first-order chi connectivity index (χ1) is 9.31. The lowest BCUT2D eigenvalue weighted by Crippen LogP contribution is -2.18. The number of nitrogens with two attached hydrogens (primary N) is 1. The summed E-state index contributed by atoms with van der Waals surface area (Å²) in [5.74, 6) is -4.61. The molecule has 0 spiro atoms. The van der Waals surface area contributed by atoms with Crippen LogP contribution in [0.15, 0.2) is 35.4 Å². The fourth-order valence-corrected chi connectivity index (χ4v) is 2.63. The topological polar surface area (TPSA) is 85.1 Å². The van der Waals surface area contributed by atoms with Crippen molar-refractivity contribution in [3.05, 3.63) is 47.9 Å². The molecule has 0 fully saturated rings.